The molecule has 0 bridgehead atoms. The largest absolute Gasteiger partial charge is 0.444 e. The molecule has 2 aromatic carbocycles. The summed E-state index contributed by atoms with van der Waals surface area (Å²) in [6.07, 6.45) is 0.405. The number of benzene rings is 2. The number of nitrogens with zero attached hydrogens (tertiary/aromatic N) is 1. The Morgan fingerprint density at radius 1 is 0.949 bits per heavy atom. The predicted molar refractivity (Wildman–Crippen MR) is 158 cm³/mol. The molecule has 214 valence electrons. The van der Waals surface area contributed by atoms with Crippen LogP contribution in [0.4, 0.5) is 10.5 Å². The van der Waals surface area contributed by atoms with E-state index < -0.39 is 23.8 Å². The van der Waals surface area contributed by atoms with Gasteiger partial charge in [-0.2, -0.15) is 0 Å². The van der Waals surface area contributed by atoms with E-state index in [-0.39, 0.29) is 17.7 Å². The van der Waals surface area contributed by atoms with Gasteiger partial charge in [0.15, 0.2) is 0 Å². The van der Waals surface area contributed by atoms with E-state index in [1.807, 2.05) is 84.9 Å². The highest BCUT2D eigenvalue weighted by Gasteiger charge is 2.37. The normalized spacial score (nSPS) is 13.0. The number of anilines is 1. The first-order valence-electron chi connectivity index (χ1n) is 13.9. The number of aryl methyl sites for hydroxylation is 4. The van der Waals surface area contributed by atoms with Crippen LogP contribution in [0.15, 0.2) is 36.4 Å². The van der Waals surface area contributed by atoms with Gasteiger partial charge in [0.1, 0.15) is 17.7 Å². The Kier molecular flexibility index (Phi) is 11.1. The van der Waals surface area contributed by atoms with E-state index >= 15 is 0 Å². The van der Waals surface area contributed by atoms with Gasteiger partial charge in [0.05, 0.1) is 0 Å². The van der Waals surface area contributed by atoms with Crippen LogP contribution in [0.25, 0.3) is 0 Å². The third kappa shape index (κ3) is 9.12. The van der Waals surface area contributed by atoms with Crippen LogP contribution >= 0.6 is 0 Å². The van der Waals surface area contributed by atoms with E-state index in [4.69, 9.17) is 4.74 Å². The number of carbonyl (C=O) groups excluding carboxylic acids is 3. The van der Waals surface area contributed by atoms with E-state index in [0.29, 0.717) is 19.4 Å². The third-order valence-corrected chi connectivity index (χ3v) is 6.46. The van der Waals surface area contributed by atoms with Gasteiger partial charge in [0.2, 0.25) is 5.91 Å². The molecule has 2 rings (SSSR count). The number of ether oxygens (including phenoxy) is 1. The molecule has 39 heavy (non-hydrogen) atoms. The number of rotatable bonds is 10. The summed E-state index contributed by atoms with van der Waals surface area (Å²) in [5, 5.41) is 5.92. The number of hydrogen-bond acceptors (Lipinski definition) is 4. The predicted octanol–water partition coefficient (Wildman–Crippen LogP) is 6.78. The minimum atomic E-state index is -0.883. The molecular formula is C32H47N3O4. The standard InChI is InChI=1S/C32H47N3O4/c1-11-17-35(30(37)26(18-20(2)3)33-31(38)39-32(8,9)10)28(25-19-21(4)15-16-22(25)5)29(36)34-27-23(6)13-12-14-24(27)7/h12-16,19-20,26,28H,11,17-18H2,1-10H3,(H,33,38)(H,34,36). The fourth-order valence-electron chi connectivity index (χ4n) is 4.66. The highest BCUT2D eigenvalue weighted by Crippen LogP contribution is 2.30. The minimum Gasteiger partial charge on any atom is -0.444 e. The maximum Gasteiger partial charge on any atom is 0.408 e. The zero-order valence-corrected chi connectivity index (χ0v) is 25.4. The van der Waals surface area contributed by atoms with Crippen molar-refractivity contribution in [1.82, 2.24) is 10.2 Å². The summed E-state index contributed by atoms with van der Waals surface area (Å²) in [5.74, 6) is -0.470. The first-order chi connectivity index (χ1) is 18.1. The Morgan fingerprint density at radius 2 is 1.56 bits per heavy atom. The molecule has 3 amide bonds. The lowest BCUT2D eigenvalue weighted by Crippen LogP contribution is -2.53. The number of amides is 3. The van der Waals surface area contributed by atoms with E-state index in [9.17, 15) is 14.4 Å². The van der Waals surface area contributed by atoms with Crippen LogP contribution in [0.1, 0.15) is 88.2 Å². The summed E-state index contributed by atoms with van der Waals surface area (Å²) in [7, 11) is 0. The van der Waals surface area contributed by atoms with Crippen molar-refractivity contribution in [2.24, 2.45) is 5.92 Å². The molecule has 0 aromatic heterocycles. The Balaban J connectivity index is 2.60. The first kappa shape index (κ1) is 31.9. The number of hydrogen-bond donors (Lipinski definition) is 2. The summed E-state index contributed by atoms with van der Waals surface area (Å²) in [6.45, 7) is 19.5. The molecule has 0 spiro atoms. The lowest BCUT2D eigenvalue weighted by atomic mass is 9.94. The van der Waals surface area contributed by atoms with Gasteiger partial charge in [-0.3, -0.25) is 9.59 Å². The molecule has 0 fully saturated rings. The van der Waals surface area contributed by atoms with E-state index in [1.54, 1.807) is 25.7 Å². The quantitative estimate of drug-likeness (QED) is 0.350. The van der Waals surface area contributed by atoms with Crippen LogP contribution in [0.5, 0.6) is 0 Å². The second-order valence-corrected chi connectivity index (χ2v) is 11.9. The van der Waals surface area contributed by atoms with Crippen molar-refractivity contribution < 1.29 is 19.1 Å². The molecule has 0 radical (unpaired) electrons. The third-order valence-electron chi connectivity index (χ3n) is 6.46. The van der Waals surface area contributed by atoms with Crippen molar-refractivity contribution in [2.75, 3.05) is 11.9 Å². The zero-order chi connectivity index (χ0) is 29.5. The zero-order valence-electron chi connectivity index (χ0n) is 25.4. The maximum absolute atomic E-state index is 14.2. The summed E-state index contributed by atoms with van der Waals surface area (Å²) < 4.78 is 5.47. The van der Waals surface area contributed by atoms with Crippen molar-refractivity contribution in [1.29, 1.82) is 0 Å². The monoisotopic (exact) mass is 537 g/mol. The Morgan fingerprint density at radius 3 is 2.10 bits per heavy atom. The second-order valence-electron chi connectivity index (χ2n) is 11.9. The van der Waals surface area contributed by atoms with Crippen LogP contribution < -0.4 is 10.6 Å². The minimum absolute atomic E-state index is 0.125. The molecule has 0 heterocycles. The van der Waals surface area contributed by atoms with Gasteiger partial charge in [-0.05, 0) is 89.5 Å². The summed E-state index contributed by atoms with van der Waals surface area (Å²) in [5.41, 5.74) is 4.60. The van der Waals surface area contributed by atoms with E-state index in [0.717, 1.165) is 33.5 Å². The smallest absolute Gasteiger partial charge is 0.408 e. The average molecular weight is 538 g/mol. The van der Waals surface area contributed by atoms with Crippen LogP contribution in [-0.2, 0) is 14.3 Å². The summed E-state index contributed by atoms with van der Waals surface area (Å²) in [4.78, 5) is 42.7. The van der Waals surface area contributed by atoms with Gasteiger partial charge in [0, 0.05) is 12.2 Å². The molecule has 0 saturated heterocycles. The second kappa shape index (κ2) is 13.6. The van der Waals surface area contributed by atoms with Crippen molar-refractivity contribution in [2.45, 2.75) is 99.8 Å². The Labute approximate surface area is 234 Å². The molecule has 0 saturated carbocycles. The van der Waals surface area contributed by atoms with Crippen LogP contribution in [0.2, 0.25) is 0 Å². The molecule has 0 aliphatic carbocycles. The highest BCUT2D eigenvalue weighted by atomic mass is 16.6. The average Bonchev–Trinajstić information content (AvgIpc) is 2.81. The van der Waals surface area contributed by atoms with Crippen molar-refractivity contribution in [3.05, 3.63) is 64.2 Å². The van der Waals surface area contributed by atoms with Gasteiger partial charge in [-0.15, -0.1) is 0 Å². The maximum atomic E-state index is 14.2. The summed E-state index contributed by atoms with van der Waals surface area (Å²) >= 11 is 0. The first-order valence-corrected chi connectivity index (χ1v) is 13.9. The van der Waals surface area contributed by atoms with E-state index in [2.05, 4.69) is 10.6 Å². The topological polar surface area (TPSA) is 87.7 Å². The highest BCUT2D eigenvalue weighted by molar-refractivity contribution is 6.00. The number of nitrogens with one attached hydrogen (secondary N) is 2. The van der Waals surface area contributed by atoms with Gasteiger partial charge in [0.25, 0.3) is 5.91 Å². The van der Waals surface area contributed by atoms with Crippen molar-refractivity contribution in [3.8, 4) is 0 Å². The molecule has 2 aromatic rings. The van der Waals surface area contributed by atoms with Gasteiger partial charge in [-0.1, -0.05) is 62.7 Å². The lowest BCUT2D eigenvalue weighted by molar-refractivity contribution is -0.141. The van der Waals surface area contributed by atoms with Crippen molar-refractivity contribution in [3.63, 3.8) is 0 Å². The lowest BCUT2D eigenvalue weighted by Gasteiger charge is -2.35. The Hall–Kier alpha value is -3.35. The molecule has 0 aliphatic heterocycles. The molecule has 0 aliphatic rings. The number of alkyl carbamates (subject to hydrolysis) is 1. The fourth-order valence-corrected chi connectivity index (χ4v) is 4.66. The Bertz CT molecular complexity index is 1150. The molecular weight excluding hydrogens is 490 g/mol. The fraction of sp³-hybridized carbons (Fsp3) is 0.531. The molecule has 7 heteroatoms. The SMILES string of the molecule is CCCN(C(=O)C(CC(C)C)NC(=O)OC(C)(C)C)C(C(=O)Nc1c(C)cccc1C)c1cc(C)ccc1C. The van der Waals surface area contributed by atoms with E-state index in [1.165, 1.54) is 0 Å². The van der Waals surface area contributed by atoms with Crippen LogP contribution in [0, 0.1) is 33.6 Å². The van der Waals surface area contributed by atoms with Crippen molar-refractivity contribution >= 4 is 23.6 Å². The number of carbonyl (C=O) groups is 3. The number of para-hydroxylation sites is 1. The molecule has 2 atom stereocenters. The summed E-state index contributed by atoms with van der Waals surface area (Å²) in [6, 6.07) is 10.1. The molecule has 7 nitrogen and oxygen atoms in total. The molecule has 2 N–H and O–H groups in total. The van der Waals surface area contributed by atoms with Gasteiger partial charge >= 0.3 is 6.09 Å². The van der Waals surface area contributed by atoms with Crippen LogP contribution in [-0.4, -0.2) is 41.0 Å². The van der Waals surface area contributed by atoms with Gasteiger partial charge < -0.3 is 20.3 Å². The molecule has 2 unspecified atom stereocenters. The van der Waals surface area contributed by atoms with Gasteiger partial charge in [-0.25, -0.2) is 4.79 Å². The van der Waals surface area contributed by atoms with Crippen LogP contribution in [0.3, 0.4) is 0 Å².